The quantitative estimate of drug-likeness (QED) is 0.516. The van der Waals surface area contributed by atoms with Gasteiger partial charge in [0.1, 0.15) is 0 Å². The average molecular weight is 354 g/mol. The molecule has 1 atom stereocenters. The van der Waals surface area contributed by atoms with Crippen LogP contribution in [0.25, 0.3) is 0 Å². The standard InChI is InChI=1S/C19H39N5O/c1-7-16(8-2)17(23(5)6)14-22-19(21-4)24-11-9-15(10-12-24)13-18(25)20-3/h15-17H,7-14H2,1-6H3,(H,20,25)(H,21,22). The number of rotatable bonds is 8. The third-order valence-electron chi connectivity index (χ3n) is 5.60. The lowest BCUT2D eigenvalue weighted by molar-refractivity contribution is -0.121. The summed E-state index contributed by atoms with van der Waals surface area (Å²) in [5.41, 5.74) is 0. The maximum atomic E-state index is 11.5. The molecule has 146 valence electrons. The van der Waals surface area contributed by atoms with Gasteiger partial charge in [-0.05, 0) is 38.8 Å². The second kappa shape index (κ2) is 11.3. The molecule has 1 unspecified atom stereocenters. The fourth-order valence-corrected chi connectivity index (χ4v) is 3.84. The maximum Gasteiger partial charge on any atom is 0.220 e. The number of hydrogen-bond acceptors (Lipinski definition) is 3. The Bertz CT molecular complexity index is 412. The predicted molar refractivity (Wildman–Crippen MR) is 106 cm³/mol. The summed E-state index contributed by atoms with van der Waals surface area (Å²) in [6.45, 7) is 7.41. The molecule has 1 aliphatic rings. The van der Waals surface area contributed by atoms with Gasteiger partial charge >= 0.3 is 0 Å². The van der Waals surface area contributed by atoms with Gasteiger partial charge in [-0.15, -0.1) is 0 Å². The first kappa shape index (κ1) is 21.7. The molecule has 25 heavy (non-hydrogen) atoms. The minimum Gasteiger partial charge on any atom is -0.359 e. The Morgan fingerprint density at radius 1 is 1.24 bits per heavy atom. The van der Waals surface area contributed by atoms with E-state index in [0.29, 0.717) is 24.3 Å². The van der Waals surface area contributed by atoms with E-state index in [4.69, 9.17) is 0 Å². The number of aliphatic imine (C=N–C) groups is 1. The highest BCUT2D eigenvalue weighted by Gasteiger charge is 2.25. The molecule has 1 aliphatic heterocycles. The SMILES string of the molecule is CCC(CC)C(CNC(=NC)N1CCC(CC(=O)NC)CC1)N(C)C. The van der Waals surface area contributed by atoms with E-state index < -0.39 is 0 Å². The molecule has 6 nitrogen and oxygen atoms in total. The van der Waals surface area contributed by atoms with Crippen molar-refractivity contribution in [1.29, 1.82) is 0 Å². The fraction of sp³-hybridized carbons (Fsp3) is 0.895. The van der Waals surface area contributed by atoms with Crippen LogP contribution in [0.3, 0.4) is 0 Å². The lowest BCUT2D eigenvalue weighted by atomic mass is 9.93. The number of hydrogen-bond donors (Lipinski definition) is 2. The highest BCUT2D eigenvalue weighted by atomic mass is 16.1. The third kappa shape index (κ3) is 6.84. The summed E-state index contributed by atoms with van der Waals surface area (Å²) in [6.07, 6.45) is 5.15. The van der Waals surface area contributed by atoms with Crippen LogP contribution >= 0.6 is 0 Å². The average Bonchev–Trinajstić information content (AvgIpc) is 2.62. The highest BCUT2D eigenvalue weighted by molar-refractivity contribution is 5.80. The minimum atomic E-state index is 0.153. The molecule has 0 radical (unpaired) electrons. The molecule has 1 saturated heterocycles. The fourth-order valence-electron chi connectivity index (χ4n) is 3.84. The zero-order valence-corrected chi connectivity index (χ0v) is 17.1. The Hall–Kier alpha value is -1.30. The number of piperidine rings is 1. The molecular weight excluding hydrogens is 314 g/mol. The predicted octanol–water partition coefficient (Wildman–Crippen LogP) is 1.78. The van der Waals surface area contributed by atoms with Crippen LogP contribution in [0.4, 0.5) is 0 Å². The summed E-state index contributed by atoms with van der Waals surface area (Å²) in [4.78, 5) is 20.7. The Morgan fingerprint density at radius 2 is 1.84 bits per heavy atom. The van der Waals surface area contributed by atoms with E-state index in [1.807, 2.05) is 7.05 Å². The van der Waals surface area contributed by atoms with Crippen molar-refractivity contribution in [2.75, 3.05) is 47.8 Å². The van der Waals surface area contributed by atoms with Crippen molar-refractivity contribution in [2.45, 2.75) is 52.0 Å². The smallest absolute Gasteiger partial charge is 0.220 e. The zero-order valence-electron chi connectivity index (χ0n) is 17.1. The number of carbonyl (C=O) groups excluding carboxylic acids is 1. The van der Waals surface area contributed by atoms with Crippen LogP contribution in [0.5, 0.6) is 0 Å². The Kier molecular flexibility index (Phi) is 9.86. The Balaban J connectivity index is 2.53. The normalized spacial score (nSPS) is 17.9. The van der Waals surface area contributed by atoms with Crippen molar-refractivity contribution in [2.24, 2.45) is 16.8 Å². The van der Waals surface area contributed by atoms with Crippen molar-refractivity contribution in [3.8, 4) is 0 Å². The third-order valence-corrected chi connectivity index (χ3v) is 5.60. The van der Waals surface area contributed by atoms with Gasteiger partial charge in [-0.2, -0.15) is 0 Å². The highest BCUT2D eigenvalue weighted by Crippen LogP contribution is 2.21. The van der Waals surface area contributed by atoms with Gasteiger partial charge in [-0.1, -0.05) is 26.7 Å². The van der Waals surface area contributed by atoms with Gasteiger partial charge in [-0.25, -0.2) is 0 Å². The van der Waals surface area contributed by atoms with Crippen LogP contribution in [0.15, 0.2) is 4.99 Å². The van der Waals surface area contributed by atoms with Gasteiger partial charge in [0.05, 0.1) is 0 Å². The Labute approximate surface area is 154 Å². The maximum absolute atomic E-state index is 11.5. The topological polar surface area (TPSA) is 60.0 Å². The molecule has 0 aromatic carbocycles. The lowest BCUT2D eigenvalue weighted by Gasteiger charge is -2.36. The molecule has 1 heterocycles. The molecule has 1 fully saturated rings. The van der Waals surface area contributed by atoms with Gasteiger partial charge in [-0.3, -0.25) is 9.79 Å². The van der Waals surface area contributed by atoms with Crippen LogP contribution in [0.2, 0.25) is 0 Å². The van der Waals surface area contributed by atoms with E-state index in [1.165, 1.54) is 12.8 Å². The van der Waals surface area contributed by atoms with E-state index in [0.717, 1.165) is 38.4 Å². The first-order valence-corrected chi connectivity index (χ1v) is 9.79. The summed E-state index contributed by atoms with van der Waals surface area (Å²) in [7, 11) is 7.90. The molecule has 0 saturated carbocycles. The van der Waals surface area contributed by atoms with Crippen LogP contribution in [-0.2, 0) is 4.79 Å². The molecule has 0 aliphatic carbocycles. The monoisotopic (exact) mass is 353 g/mol. The van der Waals surface area contributed by atoms with Gasteiger partial charge < -0.3 is 20.4 Å². The molecule has 1 rings (SSSR count). The second-order valence-electron chi connectivity index (χ2n) is 7.34. The molecule has 0 aromatic rings. The van der Waals surface area contributed by atoms with Crippen LogP contribution in [-0.4, -0.2) is 75.5 Å². The lowest BCUT2D eigenvalue weighted by Crippen LogP contribution is -2.51. The Morgan fingerprint density at radius 3 is 2.28 bits per heavy atom. The van der Waals surface area contributed by atoms with E-state index >= 15 is 0 Å². The number of carbonyl (C=O) groups is 1. The van der Waals surface area contributed by atoms with Crippen LogP contribution in [0, 0.1) is 11.8 Å². The molecule has 1 amide bonds. The molecule has 6 heteroatoms. The van der Waals surface area contributed by atoms with Crippen molar-refractivity contribution in [3.63, 3.8) is 0 Å². The van der Waals surface area contributed by atoms with E-state index in [1.54, 1.807) is 7.05 Å². The molecule has 2 N–H and O–H groups in total. The van der Waals surface area contributed by atoms with Crippen molar-refractivity contribution in [1.82, 2.24) is 20.4 Å². The van der Waals surface area contributed by atoms with Crippen LogP contribution in [0.1, 0.15) is 46.0 Å². The van der Waals surface area contributed by atoms with E-state index in [2.05, 4.69) is 53.4 Å². The first-order valence-electron chi connectivity index (χ1n) is 9.79. The van der Waals surface area contributed by atoms with Gasteiger partial charge in [0.2, 0.25) is 5.91 Å². The van der Waals surface area contributed by atoms with Gasteiger partial charge in [0.15, 0.2) is 5.96 Å². The number of likely N-dealkylation sites (tertiary alicyclic amines) is 1. The molecule has 0 bridgehead atoms. The first-order chi connectivity index (χ1) is 12.0. The molecule has 0 spiro atoms. The number of amides is 1. The zero-order chi connectivity index (χ0) is 18.8. The van der Waals surface area contributed by atoms with Crippen molar-refractivity contribution in [3.05, 3.63) is 0 Å². The summed E-state index contributed by atoms with van der Waals surface area (Å²) >= 11 is 0. The van der Waals surface area contributed by atoms with Gasteiger partial charge in [0.25, 0.3) is 0 Å². The number of guanidine groups is 1. The minimum absolute atomic E-state index is 0.153. The number of likely N-dealkylation sites (N-methyl/N-ethyl adjacent to an activating group) is 1. The molecular formula is C19H39N5O. The number of nitrogens with zero attached hydrogens (tertiary/aromatic N) is 3. The van der Waals surface area contributed by atoms with Crippen molar-refractivity contribution >= 4 is 11.9 Å². The van der Waals surface area contributed by atoms with Crippen molar-refractivity contribution < 1.29 is 4.79 Å². The van der Waals surface area contributed by atoms with E-state index in [-0.39, 0.29) is 5.91 Å². The summed E-state index contributed by atoms with van der Waals surface area (Å²) in [6, 6.07) is 0.512. The molecule has 0 aromatic heterocycles. The second-order valence-corrected chi connectivity index (χ2v) is 7.34. The van der Waals surface area contributed by atoms with Gasteiger partial charge in [0, 0.05) is 46.2 Å². The number of nitrogens with one attached hydrogen (secondary N) is 2. The summed E-state index contributed by atoms with van der Waals surface area (Å²) in [5, 5.41) is 6.32. The van der Waals surface area contributed by atoms with Crippen LogP contribution < -0.4 is 10.6 Å². The summed E-state index contributed by atoms with van der Waals surface area (Å²) < 4.78 is 0. The summed E-state index contributed by atoms with van der Waals surface area (Å²) in [5.74, 6) is 2.34. The van der Waals surface area contributed by atoms with E-state index in [9.17, 15) is 4.79 Å². The largest absolute Gasteiger partial charge is 0.359 e.